The standard InChI is InChI=1S/C26H20Cl2N2O5S/c27-18-11-13-25(35-20-9-5-2-6-10-20)23(15-18)29-26(31)17-34-24-14-12-21(16-22(24)28)36(32,33)30-19-7-3-1-4-8-19/h1-16,30H,17H2,(H,29,31). The van der Waals surface area contributed by atoms with Crippen molar-refractivity contribution in [1.82, 2.24) is 0 Å². The number of anilines is 2. The molecule has 4 rings (SSSR count). The van der Waals surface area contributed by atoms with Crippen LogP contribution in [-0.2, 0) is 14.8 Å². The first-order valence-corrected chi connectivity index (χ1v) is 12.9. The van der Waals surface area contributed by atoms with Gasteiger partial charge in [-0.1, -0.05) is 59.6 Å². The van der Waals surface area contributed by atoms with Crippen molar-refractivity contribution in [2.24, 2.45) is 0 Å². The van der Waals surface area contributed by atoms with E-state index in [0.29, 0.717) is 27.9 Å². The summed E-state index contributed by atoms with van der Waals surface area (Å²) >= 11 is 12.3. The average Bonchev–Trinajstić information content (AvgIpc) is 2.86. The molecule has 4 aromatic carbocycles. The van der Waals surface area contributed by atoms with Gasteiger partial charge in [-0.15, -0.1) is 0 Å². The molecule has 0 fully saturated rings. The number of amides is 1. The fourth-order valence-electron chi connectivity index (χ4n) is 3.12. The van der Waals surface area contributed by atoms with Crippen LogP contribution in [0.25, 0.3) is 0 Å². The lowest BCUT2D eigenvalue weighted by Gasteiger charge is -2.14. The lowest BCUT2D eigenvalue weighted by atomic mass is 10.2. The number of hydrogen-bond acceptors (Lipinski definition) is 5. The van der Waals surface area contributed by atoms with E-state index in [9.17, 15) is 13.2 Å². The van der Waals surface area contributed by atoms with Crippen molar-refractivity contribution >= 4 is 50.5 Å². The van der Waals surface area contributed by atoms with Gasteiger partial charge in [-0.25, -0.2) is 8.42 Å². The molecule has 0 saturated heterocycles. The smallest absolute Gasteiger partial charge is 0.262 e. The van der Waals surface area contributed by atoms with Gasteiger partial charge in [-0.3, -0.25) is 9.52 Å². The fourth-order valence-corrected chi connectivity index (χ4v) is 4.68. The van der Waals surface area contributed by atoms with Crippen LogP contribution < -0.4 is 19.5 Å². The third kappa shape index (κ3) is 6.69. The number of halogens is 2. The Morgan fingerprint density at radius 2 is 1.47 bits per heavy atom. The molecule has 0 aliphatic rings. The Hall–Kier alpha value is -3.72. The number of para-hydroxylation sites is 2. The van der Waals surface area contributed by atoms with Crippen LogP contribution in [0, 0.1) is 0 Å². The van der Waals surface area contributed by atoms with E-state index in [1.165, 1.54) is 18.2 Å². The Kier molecular flexibility index (Phi) is 8.00. The predicted molar refractivity (Wildman–Crippen MR) is 141 cm³/mol. The minimum Gasteiger partial charge on any atom is -0.482 e. The molecular formula is C26H20Cl2N2O5S. The highest BCUT2D eigenvalue weighted by Gasteiger charge is 2.17. The molecule has 7 nitrogen and oxygen atoms in total. The Balaban J connectivity index is 1.41. The van der Waals surface area contributed by atoms with E-state index in [0.717, 1.165) is 0 Å². The van der Waals surface area contributed by atoms with Crippen molar-refractivity contribution in [2.75, 3.05) is 16.6 Å². The summed E-state index contributed by atoms with van der Waals surface area (Å²) in [5.41, 5.74) is 0.779. The van der Waals surface area contributed by atoms with Gasteiger partial charge < -0.3 is 14.8 Å². The maximum absolute atomic E-state index is 12.6. The molecule has 0 saturated carbocycles. The zero-order chi connectivity index (χ0) is 25.5. The summed E-state index contributed by atoms with van der Waals surface area (Å²) in [4.78, 5) is 12.5. The van der Waals surface area contributed by atoms with Crippen molar-refractivity contribution in [2.45, 2.75) is 4.90 Å². The number of benzene rings is 4. The second-order valence-electron chi connectivity index (χ2n) is 7.46. The van der Waals surface area contributed by atoms with Crippen LogP contribution in [0.2, 0.25) is 10.0 Å². The lowest BCUT2D eigenvalue weighted by molar-refractivity contribution is -0.118. The van der Waals surface area contributed by atoms with Gasteiger partial charge in [0.15, 0.2) is 12.4 Å². The molecule has 0 bridgehead atoms. The van der Waals surface area contributed by atoms with Crippen LogP contribution in [0.1, 0.15) is 0 Å². The second-order valence-corrected chi connectivity index (χ2v) is 9.98. The summed E-state index contributed by atoms with van der Waals surface area (Å²) in [6.07, 6.45) is 0. The Bertz CT molecular complexity index is 1470. The largest absolute Gasteiger partial charge is 0.482 e. The number of rotatable bonds is 9. The molecule has 0 heterocycles. The van der Waals surface area contributed by atoms with Crippen molar-refractivity contribution in [3.8, 4) is 17.2 Å². The molecule has 36 heavy (non-hydrogen) atoms. The van der Waals surface area contributed by atoms with Gasteiger partial charge >= 0.3 is 0 Å². The monoisotopic (exact) mass is 542 g/mol. The van der Waals surface area contributed by atoms with Gasteiger partial charge in [-0.05, 0) is 60.7 Å². The summed E-state index contributed by atoms with van der Waals surface area (Å²) in [5.74, 6) is 0.652. The van der Waals surface area contributed by atoms with E-state index in [1.807, 2.05) is 18.2 Å². The van der Waals surface area contributed by atoms with Crippen LogP contribution in [0.4, 0.5) is 11.4 Å². The molecule has 10 heteroatoms. The van der Waals surface area contributed by atoms with Crippen molar-refractivity contribution in [3.63, 3.8) is 0 Å². The number of carbonyl (C=O) groups is 1. The first-order valence-electron chi connectivity index (χ1n) is 10.6. The van der Waals surface area contributed by atoms with Gasteiger partial charge in [0, 0.05) is 10.7 Å². The van der Waals surface area contributed by atoms with E-state index in [4.69, 9.17) is 32.7 Å². The minimum atomic E-state index is -3.85. The Morgan fingerprint density at radius 1 is 0.806 bits per heavy atom. The maximum Gasteiger partial charge on any atom is 0.262 e. The van der Waals surface area contributed by atoms with E-state index in [1.54, 1.807) is 60.7 Å². The second kappa shape index (κ2) is 11.3. The number of nitrogens with one attached hydrogen (secondary N) is 2. The lowest BCUT2D eigenvalue weighted by Crippen LogP contribution is -2.20. The zero-order valence-electron chi connectivity index (χ0n) is 18.7. The third-order valence-corrected chi connectivity index (χ3v) is 6.69. The Labute approximate surface area is 218 Å². The zero-order valence-corrected chi connectivity index (χ0v) is 21.0. The summed E-state index contributed by atoms with van der Waals surface area (Å²) in [6.45, 7) is -0.384. The summed E-state index contributed by atoms with van der Waals surface area (Å²) in [7, 11) is -3.85. The molecule has 0 aromatic heterocycles. The normalized spacial score (nSPS) is 10.9. The number of hydrogen-bond donors (Lipinski definition) is 2. The molecule has 0 aliphatic heterocycles. The Morgan fingerprint density at radius 3 is 2.17 bits per heavy atom. The van der Waals surface area contributed by atoms with E-state index in [2.05, 4.69) is 10.0 Å². The molecular weight excluding hydrogens is 523 g/mol. The van der Waals surface area contributed by atoms with Gasteiger partial charge in [0.25, 0.3) is 15.9 Å². The molecule has 0 unspecified atom stereocenters. The van der Waals surface area contributed by atoms with Gasteiger partial charge in [-0.2, -0.15) is 0 Å². The van der Waals surface area contributed by atoms with Crippen LogP contribution >= 0.6 is 23.2 Å². The number of ether oxygens (including phenoxy) is 2. The molecule has 184 valence electrons. The number of carbonyl (C=O) groups excluding carboxylic acids is 1. The molecule has 2 N–H and O–H groups in total. The minimum absolute atomic E-state index is 0.0367. The maximum atomic E-state index is 12.6. The topological polar surface area (TPSA) is 93.7 Å². The summed E-state index contributed by atoms with van der Waals surface area (Å²) in [6, 6.07) is 26.4. The highest BCUT2D eigenvalue weighted by molar-refractivity contribution is 7.92. The van der Waals surface area contributed by atoms with E-state index >= 15 is 0 Å². The first kappa shape index (κ1) is 25.4. The molecule has 0 aliphatic carbocycles. The van der Waals surface area contributed by atoms with Crippen LogP contribution in [0.15, 0.2) is 102 Å². The van der Waals surface area contributed by atoms with Crippen LogP contribution in [0.5, 0.6) is 17.2 Å². The van der Waals surface area contributed by atoms with Crippen molar-refractivity contribution in [3.05, 3.63) is 107 Å². The average molecular weight is 543 g/mol. The fraction of sp³-hybridized carbons (Fsp3) is 0.0385. The molecule has 1 amide bonds. The van der Waals surface area contributed by atoms with Gasteiger partial charge in [0.05, 0.1) is 15.6 Å². The summed E-state index contributed by atoms with van der Waals surface area (Å²) in [5, 5.41) is 3.15. The highest BCUT2D eigenvalue weighted by atomic mass is 35.5. The number of sulfonamides is 1. The van der Waals surface area contributed by atoms with E-state index in [-0.39, 0.29) is 22.3 Å². The first-order chi connectivity index (χ1) is 17.3. The molecule has 4 aromatic rings. The molecule has 0 atom stereocenters. The molecule has 0 radical (unpaired) electrons. The van der Waals surface area contributed by atoms with Crippen LogP contribution in [0.3, 0.4) is 0 Å². The van der Waals surface area contributed by atoms with Crippen LogP contribution in [-0.4, -0.2) is 20.9 Å². The molecule has 0 spiro atoms. The predicted octanol–water partition coefficient (Wildman–Crippen LogP) is 6.60. The quantitative estimate of drug-likeness (QED) is 0.248. The highest BCUT2D eigenvalue weighted by Crippen LogP contribution is 2.32. The van der Waals surface area contributed by atoms with Crippen molar-refractivity contribution in [1.29, 1.82) is 0 Å². The van der Waals surface area contributed by atoms with Crippen molar-refractivity contribution < 1.29 is 22.7 Å². The third-order valence-electron chi connectivity index (χ3n) is 4.79. The van der Waals surface area contributed by atoms with Gasteiger partial charge in [0.2, 0.25) is 0 Å². The van der Waals surface area contributed by atoms with E-state index < -0.39 is 15.9 Å². The van der Waals surface area contributed by atoms with Gasteiger partial charge in [0.1, 0.15) is 11.5 Å². The summed E-state index contributed by atoms with van der Waals surface area (Å²) < 4.78 is 39.1. The SMILES string of the molecule is O=C(COc1ccc(S(=O)(=O)Nc2ccccc2)cc1Cl)Nc1cc(Cl)ccc1Oc1ccccc1.